The molecule has 0 spiro atoms. The van der Waals surface area contributed by atoms with E-state index in [1.807, 2.05) is 50.2 Å². The van der Waals surface area contributed by atoms with Crippen molar-refractivity contribution >= 4 is 17.0 Å². The Kier molecular flexibility index (Phi) is 5.29. The molecule has 0 unspecified atom stereocenters. The van der Waals surface area contributed by atoms with Crippen molar-refractivity contribution in [1.82, 2.24) is 19.9 Å². The van der Waals surface area contributed by atoms with Gasteiger partial charge >= 0.3 is 0 Å². The van der Waals surface area contributed by atoms with Crippen LogP contribution < -0.4 is 19.9 Å². The highest BCUT2D eigenvalue weighted by atomic mass is 16.5. The van der Waals surface area contributed by atoms with Crippen LogP contribution in [0.25, 0.3) is 33.7 Å². The predicted molar refractivity (Wildman–Crippen MR) is 120 cm³/mol. The molecular formula is C23H23N5O3. The Bertz CT molecular complexity index is 1260. The van der Waals surface area contributed by atoms with Gasteiger partial charge in [0.25, 0.3) is 0 Å². The quantitative estimate of drug-likeness (QED) is 0.520. The molecule has 0 bridgehead atoms. The van der Waals surface area contributed by atoms with Gasteiger partial charge in [-0.15, -0.1) is 0 Å². The average Bonchev–Trinajstić information content (AvgIpc) is 2.77. The number of fused-ring (bicyclic) bond motifs is 1. The zero-order valence-corrected chi connectivity index (χ0v) is 18.1. The highest BCUT2D eigenvalue weighted by Crippen LogP contribution is 2.41. The van der Waals surface area contributed by atoms with Crippen LogP contribution in [0.4, 0.5) is 5.95 Å². The number of anilines is 1. The molecule has 0 amide bonds. The summed E-state index contributed by atoms with van der Waals surface area (Å²) in [4.78, 5) is 18.3. The maximum absolute atomic E-state index is 6.06. The Labute approximate surface area is 180 Å². The van der Waals surface area contributed by atoms with Crippen LogP contribution in [0.2, 0.25) is 0 Å². The maximum atomic E-state index is 6.06. The van der Waals surface area contributed by atoms with Crippen LogP contribution in [0, 0.1) is 13.8 Å². The Hall–Kier alpha value is -3.94. The largest absolute Gasteiger partial charge is 0.493 e. The third-order valence-corrected chi connectivity index (χ3v) is 4.94. The van der Waals surface area contributed by atoms with E-state index in [9.17, 15) is 0 Å². The van der Waals surface area contributed by atoms with Crippen molar-refractivity contribution in [2.75, 3.05) is 27.1 Å². The minimum Gasteiger partial charge on any atom is -0.493 e. The summed E-state index contributed by atoms with van der Waals surface area (Å²) in [7, 11) is 4.69. The predicted octanol–water partition coefficient (Wildman–Crippen LogP) is 3.98. The molecule has 8 nitrogen and oxygen atoms in total. The molecule has 2 aromatic heterocycles. The molecule has 158 valence electrons. The fourth-order valence-electron chi connectivity index (χ4n) is 3.46. The third kappa shape index (κ3) is 3.79. The van der Waals surface area contributed by atoms with Crippen LogP contribution in [-0.2, 0) is 0 Å². The Morgan fingerprint density at radius 1 is 0.710 bits per heavy atom. The number of benzene rings is 2. The number of nitrogens with zero attached hydrogens (tertiary/aromatic N) is 4. The Morgan fingerprint density at radius 3 is 2.03 bits per heavy atom. The molecule has 0 fully saturated rings. The van der Waals surface area contributed by atoms with Crippen LogP contribution in [0.3, 0.4) is 0 Å². The van der Waals surface area contributed by atoms with Gasteiger partial charge in [-0.25, -0.2) is 19.9 Å². The van der Waals surface area contributed by atoms with Gasteiger partial charge in [0.15, 0.2) is 11.5 Å². The highest BCUT2D eigenvalue weighted by molar-refractivity contribution is 5.79. The molecule has 0 aliphatic carbocycles. The summed E-state index contributed by atoms with van der Waals surface area (Å²) >= 11 is 0. The van der Waals surface area contributed by atoms with Crippen molar-refractivity contribution in [3.8, 4) is 39.9 Å². The Morgan fingerprint density at radius 2 is 1.39 bits per heavy atom. The second kappa shape index (κ2) is 8.06. The lowest BCUT2D eigenvalue weighted by atomic mass is 10.1. The molecule has 0 radical (unpaired) electrons. The molecule has 31 heavy (non-hydrogen) atoms. The lowest BCUT2D eigenvalue weighted by molar-refractivity contribution is 0.324. The van der Waals surface area contributed by atoms with E-state index >= 15 is 0 Å². The number of aromatic nitrogens is 4. The van der Waals surface area contributed by atoms with E-state index in [0.29, 0.717) is 34.3 Å². The van der Waals surface area contributed by atoms with E-state index in [4.69, 9.17) is 24.9 Å². The molecule has 0 saturated heterocycles. The van der Waals surface area contributed by atoms with E-state index < -0.39 is 0 Å². The van der Waals surface area contributed by atoms with Gasteiger partial charge in [-0.2, -0.15) is 0 Å². The third-order valence-electron chi connectivity index (χ3n) is 4.94. The normalized spacial score (nSPS) is 10.9. The first-order valence-corrected chi connectivity index (χ1v) is 9.63. The second-order valence-corrected chi connectivity index (χ2v) is 7.06. The number of rotatable bonds is 5. The SMILES string of the molecule is COc1cc(-c2cc(-c3nc4cc(C)ccc4nc3C)nc(N)n2)cc(OC)c1OC. The number of hydrogen-bond donors (Lipinski definition) is 1. The molecule has 8 heteroatoms. The summed E-state index contributed by atoms with van der Waals surface area (Å²) in [5, 5.41) is 0. The second-order valence-electron chi connectivity index (χ2n) is 7.06. The van der Waals surface area contributed by atoms with Gasteiger partial charge in [-0.3, -0.25) is 0 Å². The van der Waals surface area contributed by atoms with Crippen molar-refractivity contribution in [3.05, 3.63) is 47.7 Å². The first kappa shape index (κ1) is 20.3. The van der Waals surface area contributed by atoms with Crippen molar-refractivity contribution in [2.24, 2.45) is 0 Å². The first-order chi connectivity index (χ1) is 14.9. The number of hydrogen-bond acceptors (Lipinski definition) is 8. The Balaban J connectivity index is 1.89. The fourth-order valence-corrected chi connectivity index (χ4v) is 3.46. The summed E-state index contributed by atoms with van der Waals surface area (Å²) < 4.78 is 16.3. The minimum atomic E-state index is 0.131. The zero-order chi connectivity index (χ0) is 22.1. The molecule has 4 aromatic rings. The zero-order valence-electron chi connectivity index (χ0n) is 18.1. The maximum Gasteiger partial charge on any atom is 0.221 e. The topological polar surface area (TPSA) is 105 Å². The van der Waals surface area contributed by atoms with Crippen molar-refractivity contribution in [3.63, 3.8) is 0 Å². The van der Waals surface area contributed by atoms with Gasteiger partial charge < -0.3 is 19.9 Å². The molecule has 0 aliphatic heterocycles. The van der Waals surface area contributed by atoms with E-state index in [1.165, 1.54) is 0 Å². The lowest BCUT2D eigenvalue weighted by Gasteiger charge is -2.14. The van der Waals surface area contributed by atoms with E-state index in [-0.39, 0.29) is 5.95 Å². The van der Waals surface area contributed by atoms with Gasteiger partial charge in [0, 0.05) is 5.56 Å². The van der Waals surface area contributed by atoms with Gasteiger partial charge in [-0.1, -0.05) is 6.07 Å². The molecule has 0 atom stereocenters. The lowest BCUT2D eigenvalue weighted by Crippen LogP contribution is -2.02. The molecule has 2 aromatic carbocycles. The smallest absolute Gasteiger partial charge is 0.221 e. The molecule has 2 N–H and O–H groups in total. The van der Waals surface area contributed by atoms with Crippen LogP contribution >= 0.6 is 0 Å². The molecule has 2 heterocycles. The minimum absolute atomic E-state index is 0.131. The van der Waals surface area contributed by atoms with E-state index in [2.05, 4.69) is 15.0 Å². The van der Waals surface area contributed by atoms with Crippen molar-refractivity contribution < 1.29 is 14.2 Å². The van der Waals surface area contributed by atoms with Gasteiger partial charge in [-0.05, 0) is 49.7 Å². The van der Waals surface area contributed by atoms with E-state index in [1.54, 1.807) is 21.3 Å². The summed E-state index contributed by atoms with van der Waals surface area (Å²) in [6.07, 6.45) is 0. The fraction of sp³-hybridized carbons (Fsp3) is 0.217. The standard InChI is InChI=1S/C23H23N5O3/c1-12-6-7-15-17(8-12)26-21(13(2)25-15)18-11-16(27-23(24)28-18)14-9-19(29-3)22(31-5)20(10-14)30-4/h6-11H,1-5H3,(H2,24,27,28). The number of aryl methyl sites for hydroxylation is 2. The number of ether oxygens (including phenoxy) is 3. The van der Waals surface area contributed by atoms with Gasteiger partial charge in [0.05, 0.1) is 49.4 Å². The molecule has 4 rings (SSSR count). The van der Waals surface area contributed by atoms with Gasteiger partial charge in [0.2, 0.25) is 11.7 Å². The number of nitrogens with two attached hydrogens (primary N) is 1. The number of methoxy groups -OCH3 is 3. The molecule has 0 aliphatic rings. The van der Waals surface area contributed by atoms with E-state index in [0.717, 1.165) is 27.9 Å². The van der Waals surface area contributed by atoms with Gasteiger partial charge in [0.1, 0.15) is 5.69 Å². The summed E-state index contributed by atoms with van der Waals surface area (Å²) in [5.41, 5.74) is 12.1. The van der Waals surface area contributed by atoms with Crippen LogP contribution in [0.5, 0.6) is 17.2 Å². The van der Waals surface area contributed by atoms with Crippen molar-refractivity contribution in [2.45, 2.75) is 13.8 Å². The summed E-state index contributed by atoms with van der Waals surface area (Å²) in [6, 6.07) is 11.4. The number of nitrogen functional groups attached to an aromatic ring is 1. The van der Waals surface area contributed by atoms with Crippen LogP contribution in [-0.4, -0.2) is 41.3 Å². The molecule has 0 saturated carbocycles. The van der Waals surface area contributed by atoms with Crippen molar-refractivity contribution in [1.29, 1.82) is 0 Å². The van der Waals surface area contributed by atoms with Crippen LogP contribution in [0.15, 0.2) is 36.4 Å². The summed E-state index contributed by atoms with van der Waals surface area (Å²) in [6.45, 7) is 3.92. The summed E-state index contributed by atoms with van der Waals surface area (Å²) in [5.74, 6) is 1.68. The van der Waals surface area contributed by atoms with Crippen LogP contribution in [0.1, 0.15) is 11.3 Å². The molecular weight excluding hydrogens is 394 g/mol. The monoisotopic (exact) mass is 417 g/mol. The highest BCUT2D eigenvalue weighted by Gasteiger charge is 2.17. The first-order valence-electron chi connectivity index (χ1n) is 9.63. The average molecular weight is 417 g/mol.